The molecule has 1 aliphatic rings. The van der Waals surface area contributed by atoms with Crippen molar-refractivity contribution in [1.29, 1.82) is 0 Å². The quantitative estimate of drug-likeness (QED) is 0.847. The highest BCUT2D eigenvalue weighted by Crippen LogP contribution is 2.32. The van der Waals surface area contributed by atoms with Crippen molar-refractivity contribution >= 4 is 11.8 Å². The first-order valence-electron chi connectivity index (χ1n) is 6.75. The Kier molecular flexibility index (Phi) is 4.62. The van der Waals surface area contributed by atoms with Crippen LogP contribution in [-0.4, -0.2) is 20.8 Å². The van der Waals surface area contributed by atoms with Gasteiger partial charge in [-0.3, -0.25) is 0 Å². The molecule has 0 bridgehead atoms. The summed E-state index contributed by atoms with van der Waals surface area (Å²) in [6, 6.07) is 0. The summed E-state index contributed by atoms with van der Waals surface area (Å²) in [7, 11) is 0. The Hall–Kier alpha value is -0.610. The van der Waals surface area contributed by atoms with Gasteiger partial charge in [-0.15, -0.1) is 0 Å². The first-order valence-corrected chi connectivity index (χ1v) is 7.63. The maximum Gasteiger partial charge on any atom is 0.187 e. The minimum Gasteiger partial charge on any atom is -0.308 e. The summed E-state index contributed by atoms with van der Waals surface area (Å²) in [6.07, 6.45) is 9.27. The largest absolute Gasteiger partial charge is 0.308 e. The number of aromatic nitrogens is 2. The van der Waals surface area contributed by atoms with Crippen LogP contribution in [0.3, 0.4) is 0 Å². The van der Waals surface area contributed by atoms with Crippen LogP contribution in [0.1, 0.15) is 52.0 Å². The summed E-state index contributed by atoms with van der Waals surface area (Å²) in [5.41, 5.74) is 1.29. The highest BCUT2D eigenvalue weighted by atomic mass is 32.2. The van der Waals surface area contributed by atoms with E-state index in [4.69, 9.17) is 0 Å². The molecule has 1 aliphatic carbocycles. The van der Waals surface area contributed by atoms with E-state index >= 15 is 0 Å². The lowest BCUT2D eigenvalue weighted by Crippen LogP contribution is -2.35. The van der Waals surface area contributed by atoms with E-state index in [1.165, 1.54) is 25.7 Å². The summed E-state index contributed by atoms with van der Waals surface area (Å²) in [5.74, 6) is 0. The molecule has 1 aromatic heterocycles. The van der Waals surface area contributed by atoms with Crippen molar-refractivity contribution in [2.75, 3.05) is 0 Å². The molecule has 0 saturated heterocycles. The van der Waals surface area contributed by atoms with Gasteiger partial charge in [0.15, 0.2) is 5.16 Å². The molecule has 2 rings (SSSR count). The van der Waals surface area contributed by atoms with Crippen LogP contribution in [0, 0.1) is 0 Å². The first-order chi connectivity index (χ1) is 8.53. The van der Waals surface area contributed by atoms with E-state index in [1.54, 1.807) is 0 Å². The van der Waals surface area contributed by atoms with Crippen molar-refractivity contribution < 1.29 is 0 Å². The maximum absolute atomic E-state index is 4.45. The lowest BCUT2D eigenvalue weighted by molar-refractivity contribution is 0.423. The zero-order chi connectivity index (χ0) is 13.0. The molecule has 1 fully saturated rings. The van der Waals surface area contributed by atoms with E-state index in [9.17, 15) is 0 Å². The standard InChI is InChI=1S/C14H23N3S/c1-14(2,3)17-10-11-8-15-13(16-9-11)18-12-6-4-5-7-12/h8-9,12,17H,4-7,10H2,1-3H3. The van der Waals surface area contributed by atoms with Gasteiger partial charge in [-0.1, -0.05) is 24.6 Å². The summed E-state index contributed by atoms with van der Waals surface area (Å²) < 4.78 is 0. The molecule has 0 spiro atoms. The molecule has 4 heteroatoms. The highest BCUT2D eigenvalue weighted by Gasteiger charge is 2.17. The third-order valence-corrected chi connectivity index (χ3v) is 4.31. The van der Waals surface area contributed by atoms with E-state index in [-0.39, 0.29) is 5.54 Å². The molecule has 1 saturated carbocycles. The number of nitrogens with one attached hydrogen (secondary N) is 1. The first kappa shape index (κ1) is 13.8. The molecular formula is C14H23N3S. The molecule has 0 aliphatic heterocycles. The van der Waals surface area contributed by atoms with Crippen molar-refractivity contribution in [3.05, 3.63) is 18.0 Å². The third kappa shape index (κ3) is 4.58. The Morgan fingerprint density at radius 1 is 1.22 bits per heavy atom. The van der Waals surface area contributed by atoms with E-state index in [1.807, 2.05) is 24.2 Å². The van der Waals surface area contributed by atoms with E-state index in [0.717, 1.165) is 22.5 Å². The number of nitrogens with zero attached hydrogens (tertiary/aromatic N) is 2. The molecule has 0 radical (unpaired) electrons. The fourth-order valence-electron chi connectivity index (χ4n) is 2.02. The average Bonchev–Trinajstić information content (AvgIpc) is 2.80. The predicted octanol–water partition coefficient (Wildman–Crippen LogP) is 3.40. The van der Waals surface area contributed by atoms with Crippen LogP contribution in [-0.2, 0) is 6.54 Å². The molecule has 1 aromatic rings. The van der Waals surface area contributed by atoms with E-state index in [0.29, 0.717) is 0 Å². The highest BCUT2D eigenvalue weighted by molar-refractivity contribution is 7.99. The number of hydrogen-bond acceptors (Lipinski definition) is 4. The molecule has 0 amide bonds. The van der Waals surface area contributed by atoms with Gasteiger partial charge in [-0.05, 0) is 33.6 Å². The Balaban J connectivity index is 1.85. The normalized spacial score (nSPS) is 17.3. The zero-order valence-electron chi connectivity index (χ0n) is 11.6. The van der Waals surface area contributed by atoms with Crippen LogP contribution in [0.25, 0.3) is 0 Å². The Morgan fingerprint density at radius 3 is 2.39 bits per heavy atom. The van der Waals surface area contributed by atoms with Gasteiger partial charge in [0.2, 0.25) is 0 Å². The summed E-state index contributed by atoms with van der Waals surface area (Å²) in [4.78, 5) is 8.91. The van der Waals surface area contributed by atoms with Gasteiger partial charge in [0.05, 0.1) is 0 Å². The molecule has 0 atom stereocenters. The van der Waals surface area contributed by atoms with Crippen LogP contribution in [0.2, 0.25) is 0 Å². The van der Waals surface area contributed by atoms with Gasteiger partial charge in [0.25, 0.3) is 0 Å². The number of hydrogen-bond donors (Lipinski definition) is 1. The summed E-state index contributed by atoms with van der Waals surface area (Å²) in [6.45, 7) is 7.33. The average molecular weight is 265 g/mol. The van der Waals surface area contributed by atoms with Crippen LogP contribution in [0.4, 0.5) is 0 Å². The number of thioether (sulfide) groups is 1. The predicted molar refractivity (Wildman–Crippen MR) is 76.7 cm³/mol. The van der Waals surface area contributed by atoms with Crippen molar-refractivity contribution in [1.82, 2.24) is 15.3 Å². The van der Waals surface area contributed by atoms with Crippen molar-refractivity contribution in [2.45, 2.75) is 68.9 Å². The SMILES string of the molecule is CC(C)(C)NCc1cnc(SC2CCCC2)nc1. The van der Waals surface area contributed by atoms with Crippen molar-refractivity contribution in [3.8, 4) is 0 Å². The Labute approximate surface area is 114 Å². The topological polar surface area (TPSA) is 37.8 Å². The van der Waals surface area contributed by atoms with Crippen LogP contribution < -0.4 is 5.32 Å². The summed E-state index contributed by atoms with van der Waals surface area (Å²) in [5, 5.41) is 5.12. The zero-order valence-corrected chi connectivity index (χ0v) is 12.4. The summed E-state index contributed by atoms with van der Waals surface area (Å²) >= 11 is 1.84. The van der Waals surface area contributed by atoms with Gasteiger partial charge in [-0.2, -0.15) is 0 Å². The molecular weight excluding hydrogens is 242 g/mol. The lowest BCUT2D eigenvalue weighted by Gasteiger charge is -2.20. The second-order valence-electron chi connectivity index (χ2n) is 6.00. The minimum atomic E-state index is 0.136. The van der Waals surface area contributed by atoms with Crippen molar-refractivity contribution in [3.63, 3.8) is 0 Å². The molecule has 100 valence electrons. The Bertz CT molecular complexity index is 364. The second-order valence-corrected chi connectivity index (χ2v) is 7.27. The molecule has 3 nitrogen and oxygen atoms in total. The maximum atomic E-state index is 4.45. The van der Waals surface area contributed by atoms with Gasteiger partial charge in [0, 0.05) is 35.3 Å². The van der Waals surface area contributed by atoms with E-state index < -0.39 is 0 Å². The van der Waals surface area contributed by atoms with Crippen molar-refractivity contribution in [2.24, 2.45) is 0 Å². The molecule has 0 unspecified atom stereocenters. The molecule has 1 heterocycles. The molecule has 18 heavy (non-hydrogen) atoms. The Morgan fingerprint density at radius 2 is 1.83 bits per heavy atom. The van der Waals surface area contributed by atoms with Crippen LogP contribution in [0.15, 0.2) is 17.6 Å². The van der Waals surface area contributed by atoms with Gasteiger partial charge in [-0.25, -0.2) is 9.97 Å². The minimum absolute atomic E-state index is 0.136. The van der Waals surface area contributed by atoms with Gasteiger partial charge < -0.3 is 5.32 Å². The van der Waals surface area contributed by atoms with Crippen LogP contribution in [0.5, 0.6) is 0 Å². The number of rotatable bonds is 4. The van der Waals surface area contributed by atoms with E-state index in [2.05, 4.69) is 36.1 Å². The fourth-order valence-corrected chi connectivity index (χ4v) is 3.11. The molecule has 0 aromatic carbocycles. The lowest BCUT2D eigenvalue weighted by atomic mass is 10.1. The van der Waals surface area contributed by atoms with Gasteiger partial charge in [0.1, 0.15) is 0 Å². The third-order valence-electron chi connectivity index (χ3n) is 3.08. The second kappa shape index (κ2) is 6.02. The monoisotopic (exact) mass is 265 g/mol. The smallest absolute Gasteiger partial charge is 0.187 e. The fraction of sp³-hybridized carbons (Fsp3) is 0.714. The van der Waals surface area contributed by atoms with Gasteiger partial charge >= 0.3 is 0 Å². The molecule has 1 N–H and O–H groups in total. The van der Waals surface area contributed by atoms with Crippen LogP contribution >= 0.6 is 11.8 Å².